The van der Waals surface area contributed by atoms with Gasteiger partial charge in [-0.25, -0.2) is 0 Å². The van der Waals surface area contributed by atoms with Gasteiger partial charge in [0.25, 0.3) is 5.91 Å². The van der Waals surface area contributed by atoms with Gasteiger partial charge in [-0.2, -0.15) is 11.8 Å². The van der Waals surface area contributed by atoms with Crippen molar-refractivity contribution in [2.75, 3.05) is 30.7 Å². The first kappa shape index (κ1) is 14.8. The monoisotopic (exact) mass is 304 g/mol. The fraction of sp³-hybridized carbons (Fsp3) is 0.588. The van der Waals surface area contributed by atoms with Crippen molar-refractivity contribution in [2.45, 2.75) is 37.9 Å². The Hall–Kier alpha value is -1.16. The van der Waals surface area contributed by atoms with Crippen LogP contribution in [0.1, 0.15) is 42.6 Å². The summed E-state index contributed by atoms with van der Waals surface area (Å²) in [7, 11) is 0. The third-order valence-corrected chi connectivity index (χ3v) is 5.82. The second kappa shape index (κ2) is 5.91. The number of carbonyl (C=O) groups is 1. The molecule has 2 aliphatic heterocycles. The lowest BCUT2D eigenvalue weighted by molar-refractivity contribution is 0.0763. The summed E-state index contributed by atoms with van der Waals surface area (Å²) in [6, 6.07) is 6.09. The number of hydrogen-bond donors (Lipinski definition) is 1. The number of anilines is 1. The fourth-order valence-corrected chi connectivity index (χ4v) is 4.20. The summed E-state index contributed by atoms with van der Waals surface area (Å²) in [6.45, 7) is 7.30. The summed E-state index contributed by atoms with van der Waals surface area (Å²) < 4.78 is 0.284. The van der Waals surface area contributed by atoms with Gasteiger partial charge >= 0.3 is 0 Å². The van der Waals surface area contributed by atoms with Gasteiger partial charge in [-0.15, -0.1) is 0 Å². The molecule has 1 fully saturated rings. The van der Waals surface area contributed by atoms with E-state index in [1.807, 2.05) is 28.8 Å². The van der Waals surface area contributed by atoms with E-state index >= 15 is 0 Å². The quantitative estimate of drug-likeness (QED) is 0.863. The molecule has 0 saturated carbocycles. The first-order chi connectivity index (χ1) is 10.1. The van der Waals surface area contributed by atoms with Crippen molar-refractivity contribution in [3.05, 3.63) is 29.3 Å². The molecule has 0 radical (unpaired) electrons. The summed E-state index contributed by atoms with van der Waals surface area (Å²) in [5.41, 5.74) is 3.27. The van der Waals surface area contributed by atoms with Crippen LogP contribution in [0.3, 0.4) is 0 Å². The van der Waals surface area contributed by atoms with E-state index in [1.165, 1.54) is 5.56 Å². The molecule has 1 saturated heterocycles. The second-order valence-corrected chi connectivity index (χ2v) is 8.31. The molecule has 0 bridgehead atoms. The Morgan fingerprint density at radius 3 is 3.05 bits per heavy atom. The van der Waals surface area contributed by atoms with Gasteiger partial charge in [0.2, 0.25) is 0 Å². The van der Waals surface area contributed by atoms with Crippen molar-refractivity contribution < 1.29 is 4.79 Å². The van der Waals surface area contributed by atoms with Crippen LogP contribution in [0.4, 0.5) is 5.69 Å². The van der Waals surface area contributed by atoms with Crippen molar-refractivity contribution >= 4 is 23.4 Å². The third-order valence-electron chi connectivity index (χ3n) is 4.45. The molecule has 0 aromatic heterocycles. The first-order valence-electron chi connectivity index (χ1n) is 7.86. The number of amides is 1. The average Bonchev–Trinajstić information content (AvgIpc) is 2.67. The second-order valence-electron chi connectivity index (χ2n) is 6.51. The van der Waals surface area contributed by atoms with Crippen molar-refractivity contribution in [3.63, 3.8) is 0 Å². The Morgan fingerprint density at radius 2 is 2.19 bits per heavy atom. The van der Waals surface area contributed by atoms with Gasteiger partial charge < -0.3 is 10.2 Å². The summed E-state index contributed by atoms with van der Waals surface area (Å²) in [6.07, 6.45) is 3.19. The van der Waals surface area contributed by atoms with Gasteiger partial charge in [0.1, 0.15) is 0 Å². The van der Waals surface area contributed by atoms with Crippen molar-refractivity contribution in [2.24, 2.45) is 0 Å². The molecule has 2 aliphatic rings. The first-order valence-corrected chi connectivity index (χ1v) is 8.84. The maximum Gasteiger partial charge on any atom is 0.254 e. The molecule has 3 nitrogen and oxygen atoms in total. The van der Waals surface area contributed by atoms with Gasteiger partial charge in [-0.05, 0) is 37.0 Å². The van der Waals surface area contributed by atoms with E-state index < -0.39 is 0 Å². The maximum atomic E-state index is 12.9. The molecule has 0 atom stereocenters. The highest BCUT2D eigenvalue weighted by Gasteiger charge is 2.28. The summed E-state index contributed by atoms with van der Waals surface area (Å²) in [5, 5.41) is 3.41. The molecular formula is C17H24N2OS. The molecule has 0 spiro atoms. The van der Waals surface area contributed by atoms with Gasteiger partial charge in [0.05, 0.1) is 0 Å². The lowest BCUT2D eigenvalue weighted by Gasteiger charge is -2.25. The highest BCUT2D eigenvalue weighted by molar-refractivity contribution is 8.00. The molecule has 1 aromatic carbocycles. The van der Waals surface area contributed by atoms with Crippen LogP contribution < -0.4 is 5.32 Å². The van der Waals surface area contributed by atoms with E-state index in [0.29, 0.717) is 0 Å². The smallest absolute Gasteiger partial charge is 0.254 e. The minimum absolute atomic E-state index is 0.217. The molecule has 1 aromatic rings. The van der Waals surface area contributed by atoms with Crippen LogP contribution in [0.2, 0.25) is 0 Å². The van der Waals surface area contributed by atoms with Gasteiger partial charge in [0, 0.05) is 41.4 Å². The van der Waals surface area contributed by atoms with Crippen LogP contribution in [0.15, 0.2) is 18.2 Å². The molecule has 2 heterocycles. The third kappa shape index (κ3) is 3.20. The summed E-state index contributed by atoms with van der Waals surface area (Å²) in [4.78, 5) is 15.0. The van der Waals surface area contributed by atoms with E-state index in [-0.39, 0.29) is 10.7 Å². The largest absolute Gasteiger partial charge is 0.385 e. The van der Waals surface area contributed by atoms with Crippen molar-refractivity contribution in [3.8, 4) is 0 Å². The molecule has 21 heavy (non-hydrogen) atoms. The predicted molar refractivity (Wildman–Crippen MR) is 90.3 cm³/mol. The van der Waals surface area contributed by atoms with Crippen molar-refractivity contribution in [1.82, 2.24) is 4.90 Å². The van der Waals surface area contributed by atoms with Gasteiger partial charge in [-0.1, -0.05) is 19.9 Å². The van der Waals surface area contributed by atoms with Crippen molar-refractivity contribution in [1.29, 1.82) is 0 Å². The van der Waals surface area contributed by atoms with Gasteiger partial charge in [-0.3, -0.25) is 4.79 Å². The van der Waals surface area contributed by atoms with Crippen LogP contribution in [-0.2, 0) is 6.42 Å². The van der Waals surface area contributed by atoms with Gasteiger partial charge in [0.15, 0.2) is 0 Å². The molecule has 1 amide bonds. The standard InChI is InChI=1S/C17H24N2OS/c1-17(2)8-10-19(11-12-21-17)16(20)14-5-3-7-15-13(14)6-4-9-18-15/h3,5,7,18H,4,6,8-12H2,1-2H3. The number of benzene rings is 1. The lowest BCUT2D eigenvalue weighted by Crippen LogP contribution is -2.34. The number of thioether (sulfide) groups is 1. The van der Waals surface area contributed by atoms with E-state index in [9.17, 15) is 4.79 Å². The van der Waals surface area contributed by atoms with Crippen LogP contribution in [0.25, 0.3) is 0 Å². The van der Waals surface area contributed by atoms with Crippen LogP contribution in [0.5, 0.6) is 0 Å². The minimum atomic E-state index is 0.217. The Kier molecular flexibility index (Phi) is 4.16. The average molecular weight is 304 g/mol. The van der Waals surface area contributed by atoms with E-state index in [0.717, 1.165) is 55.9 Å². The number of nitrogens with one attached hydrogen (secondary N) is 1. The van der Waals surface area contributed by atoms with Crippen LogP contribution in [0, 0.1) is 0 Å². The lowest BCUT2D eigenvalue weighted by atomic mass is 9.96. The molecule has 0 unspecified atom stereocenters. The van der Waals surface area contributed by atoms with E-state index in [2.05, 4.69) is 25.2 Å². The number of fused-ring (bicyclic) bond motifs is 1. The predicted octanol–water partition coefficient (Wildman–Crippen LogP) is 3.40. The zero-order valence-corrected chi connectivity index (χ0v) is 13.8. The maximum absolute atomic E-state index is 12.9. The zero-order chi connectivity index (χ0) is 14.9. The Morgan fingerprint density at radius 1 is 1.33 bits per heavy atom. The van der Waals surface area contributed by atoms with E-state index in [1.54, 1.807) is 0 Å². The summed E-state index contributed by atoms with van der Waals surface area (Å²) in [5.74, 6) is 1.25. The van der Waals surface area contributed by atoms with Crippen LogP contribution in [-0.4, -0.2) is 40.9 Å². The topological polar surface area (TPSA) is 32.3 Å². The molecule has 114 valence electrons. The number of rotatable bonds is 1. The molecule has 3 rings (SSSR count). The molecule has 4 heteroatoms. The number of nitrogens with zero attached hydrogens (tertiary/aromatic N) is 1. The minimum Gasteiger partial charge on any atom is -0.385 e. The number of hydrogen-bond acceptors (Lipinski definition) is 3. The number of carbonyl (C=O) groups excluding carboxylic acids is 1. The van der Waals surface area contributed by atoms with E-state index in [4.69, 9.17) is 0 Å². The normalized spacial score (nSPS) is 21.1. The Bertz CT molecular complexity index is 542. The zero-order valence-electron chi connectivity index (χ0n) is 12.9. The summed E-state index contributed by atoms with van der Waals surface area (Å²) >= 11 is 1.98. The van der Waals surface area contributed by atoms with Crippen LogP contribution >= 0.6 is 11.8 Å². The fourth-order valence-electron chi connectivity index (χ4n) is 3.10. The Labute approximate surface area is 131 Å². The highest BCUT2D eigenvalue weighted by atomic mass is 32.2. The molecule has 0 aliphatic carbocycles. The Balaban J connectivity index is 1.82. The molecular weight excluding hydrogens is 280 g/mol. The SMILES string of the molecule is CC1(C)CCN(C(=O)c2cccc3c2CCCN3)CCS1. The molecule has 1 N–H and O–H groups in total. The highest BCUT2D eigenvalue weighted by Crippen LogP contribution is 2.32.